The van der Waals surface area contributed by atoms with Gasteiger partial charge in [0.15, 0.2) is 17.3 Å². The molecule has 0 spiro atoms. The standard InChI is InChI=1S/C23H27FN8O/c1-23(2,22(26-3)29-30(4)5)33-17-8-7-15(20-18(17)21(25)28-13-27-20)14-9-12-32-16(19(14)24)10-11-31(32)6/h7-10,12-13H,3,11H2,1-2,4-6H3,(H2,25,27,28)/b29-22-. The van der Waals surface area contributed by atoms with E-state index in [9.17, 15) is 0 Å². The molecule has 0 radical (unpaired) electrons. The molecular formula is C23H27FN8O. The molecular weight excluding hydrogens is 423 g/mol. The summed E-state index contributed by atoms with van der Waals surface area (Å²) < 4.78 is 21.8. The molecule has 2 aromatic rings. The maximum absolute atomic E-state index is 15.5. The fourth-order valence-electron chi connectivity index (χ4n) is 3.85. The van der Waals surface area contributed by atoms with Crippen LogP contribution in [0.15, 0.2) is 58.4 Å². The number of hydrazone groups is 1. The van der Waals surface area contributed by atoms with Crippen molar-refractivity contribution in [2.45, 2.75) is 19.4 Å². The van der Waals surface area contributed by atoms with Crippen molar-refractivity contribution >= 4 is 34.8 Å². The number of rotatable bonds is 5. The zero-order valence-corrected chi connectivity index (χ0v) is 19.4. The Hall–Kier alpha value is -3.79. The summed E-state index contributed by atoms with van der Waals surface area (Å²) in [4.78, 5) is 12.6. The van der Waals surface area contributed by atoms with E-state index < -0.39 is 5.60 Å². The van der Waals surface area contributed by atoms with Crippen LogP contribution in [0.1, 0.15) is 19.4 Å². The van der Waals surface area contributed by atoms with E-state index in [4.69, 9.17) is 10.5 Å². The molecule has 2 aliphatic rings. The molecule has 0 aliphatic carbocycles. The highest BCUT2D eigenvalue weighted by Crippen LogP contribution is 2.40. The lowest BCUT2D eigenvalue weighted by atomic mass is 9.98. The van der Waals surface area contributed by atoms with Gasteiger partial charge < -0.3 is 15.5 Å². The number of hydrazine groups is 1. The van der Waals surface area contributed by atoms with Gasteiger partial charge in [0.25, 0.3) is 0 Å². The number of aliphatic imine (C=N–C) groups is 1. The summed E-state index contributed by atoms with van der Waals surface area (Å²) in [7, 11) is 5.47. The van der Waals surface area contributed by atoms with E-state index in [0.717, 1.165) is 0 Å². The second-order valence-corrected chi connectivity index (χ2v) is 8.45. The second-order valence-electron chi connectivity index (χ2n) is 8.45. The molecule has 2 N–H and O–H groups in total. The molecule has 9 nitrogen and oxygen atoms in total. The Morgan fingerprint density at radius 2 is 2.06 bits per heavy atom. The zero-order chi connectivity index (χ0) is 23.9. The minimum absolute atomic E-state index is 0.229. The minimum atomic E-state index is -0.933. The van der Waals surface area contributed by atoms with Gasteiger partial charge in [-0.3, -0.25) is 5.01 Å². The van der Waals surface area contributed by atoms with Gasteiger partial charge in [-0.2, -0.15) is 5.10 Å². The molecule has 1 aromatic heterocycles. The molecule has 33 heavy (non-hydrogen) atoms. The number of hydrogen-bond donors (Lipinski definition) is 1. The Bertz CT molecular complexity index is 1240. The summed E-state index contributed by atoms with van der Waals surface area (Å²) in [6, 6.07) is 3.52. The Labute approximate surface area is 192 Å². The van der Waals surface area contributed by atoms with Gasteiger partial charge in [-0.25, -0.2) is 24.4 Å². The number of hydrogen-bond acceptors (Lipinski definition) is 8. The highest BCUT2D eigenvalue weighted by Gasteiger charge is 2.31. The van der Waals surface area contributed by atoms with Crippen LogP contribution in [0.3, 0.4) is 0 Å². The highest BCUT2D eigenvalue weighted by molar-refractivity contribution is 6.03. The number of anilines is 1. The summed E-state index contributed by atoms with van der Waals surface area (Å²) in [6.45, 7) is 7.90. The Morgan fingerprint density at radius 1 is 1.30 bits per heavy atom. The number of likely N-dealkylation sites (N-methyl/N-ethyl adjacent to an activating group) is 1. The first-order chi connectivity index (χ1) is 15.6. The molecule has 0 bridgehead atoms. The topological polar surface area (TPSA) is 95.5 Å². The van der Waals surface area contributed by atoms with Gasteiger partial charge in [0.1, 0.15) is 17.9 Å². The largest absolute Gasteiger partial charge is 0.479 e. The van der Waals surface area contributed by atoms with Crippen molar-refractivity contribution in [2.24, 2.45) is 10.1 Å². The van der Waals surface area contributed by atoms with E-state index in [1.54, 1.807) is 42.3 Å². The number of allylic oxidation sites excluding steroid dienone is 3. The quantitative estimate of drug-likeness (QED) is 0.425. The molecule has 2 aliphatic heterocycles. The maximum Gasteiger partial charge on any atom is 0.191 e. The first-order valence-electron chi connectivity index (χ1n) is 10.4. The molecule has 3 heterocycles. The van der Waals surface area contributed by atoms with Crippen molar-refractivity contribution in [2.75, 3.05) is 33.4 Å². The predicted molar refractivity (Wildman–Crippen MR) is 129 cm³/mol. The van der Waals surface area contributed by atoms with Crippen LogP contribution in [0.25, 0.3) is 16.5 Å². The number of amidine groups is 1. The van der Waals surface area contributed by atoms with Crippen LogP contribution < -0.4 is 10.5 Å². The van der Waals surface area contributed by atoms with Crippen LogP contribution in [0.2, 0.25) is 0 Å². The second kappa shape index (κ2) is 8.28. The first-order valence-corrected chi connectivity index (χ1v) is 10.4. The van der Waals surface area contributed by atoms with Crippen LogP contribution in [-0.2, 0) is 0 Å². The van der Waals surface area contributed by atoms with E-state index in [1.807, 2.05) is 38.2 Å². The van der Waals surface area contributed by atoms with E-state index in [0.29, 0.717) is 45.9 Å². The van der Waals surface area contributed by atoms with Crippen molar-refractivity contribution in [3.05, 3.63) is 53.9 Å². The number of nitrogens with zero attached hydrogens (tertiary/aromatic N) is 7. The van der Waals surface area contributed by atoms with Crippen LogP contribution in [0.4, 0.5) is 10.2 Å². The van der Waals surface area contributed by atoms with Crippen molar-refractivity contribution < 1.29 is 9.13 Å². The molecule has 1 aromatic carbocycles. The third-order valence-corrected chi connectivity index (χ3v) is 5.43. The lowest BCUT2D eigenvalue weighted by Gasteiger charge is -2.29. The van der Waals surface area contributed by atoms with Gasteiger partial charge in [0, 0.05) is 45.0 Å². The van der Waals surface area contributed by atoms with Gasteiger partial charge >= 0.3 is 0 Å². The maximum atomic E-state index is 15.5. The molecule has 4 rings (SSSR count). The SMILES string of the molecule is C=N/C(=N\N(C)C)C(C)(C)Oc1ccc(C2=C(F)C3=CCN(C)N3C=C2)c2ncnc(N)c12. The number of nitrogen functional groups attached to an aromatic ring is 1. The number of ether oxygens (including phenoxy) is 1. The molecule has 0 amide bonds. The Balaban J connectivity index is 1.83. The minimum Gasteiger partial charge on any atom is -0.479 e. The predicted octanol–water partition coefficient (Wildman–Crippen LogP) is 3.20. The number of aromatic nitrogens is 2. The third kappa shape index (κ3) is 3.93. The van der Waals surface area contributed by atoms with Gasteiger partial charge in [0.2, 0.25) is 0 Å². The lowest BCUT2D eigenvalue weighted by Crippen LogP contribution is -2.38. The van der Waals surface area contributed by atoms with Crippen molar-refractivity contribution in [1.82, 2.24) is 25.0 Å². The van der Waals surface area contributed by atoms with E-state index in [2.05, 4.69) is 26.8 Å². The van der Waals surface area contributed by atoms with Crippen molar-refractivity contribution in [3.8, 4) is 5.75 Å². The summed E-state index contributed by atoms with van der Waals surface area (Å²) in [5.41, 5.74) is 7.32. The normalized spacial score (nSPS) is 16.8. The summed E-state index contributed by atoms with van der Waals surface area (Å²) in [5, 5.41) is 10.2. The van der Waals surface area contributed by atoms with Gasteiger partial charge in [-0.1, -0.05) is 0 Å². The lowest BCUT2D eigenvalue weighted by molar-refractivity contribution is 0.126. The van der Waals surface area contributed by atoms with Crippen LogP contribution in [-0.4, -0.2) is 70.8 Å². The van der Waals surface area contributed by atoms with Crippen molar-refractivity contribution in [1.29, 1.82) is 0 Å². The van der Waals surface area contributed by atoms with Gasteiger partial charge in [-0.05, 0) is 44.8 Å². The average molecular weight is 451 g/mol. The first kappa shape index (κ1) is 22.4. The van der Waals surface area contributed by atoms with Gasteiger partial charge in [-0.15, -0.1) is 0 Å². The zero-order valence-electron chi connectivity index (χ0n) is 19.4. The fraction of sp³-hybridized carbons (Fsp3) is 0.304. The number of benzene rings is 1. The number of halogens is 1. The van der Waals surface area contributed by atoms with E-state index in [-0.39, 0.29) is 11.6 Å². The van der Waals surface area contributed by atoms with Gasteiger partial charge in [0.05, 0.1) is 16.6 Å². The van der Waals surface area contributed by atoms with Crippen LogP contribution in [0, 0.1) is 0 Å². The highest BCUT2D eigenvalue weighted by atomic mass is 19.1. The summed E-state index contributed by atoms with van der Waals surface area (Å²) in [6.07, 6.45) is 6.77. The molecule has 0 fully saturated rings. The molecule has 0 unspecified atom stereocenters. The summed E-state index contributed by atoms with van der Waals surface area (Å²) >= 11 is 0. The Kier molecular flexibility index (Phi) is 5.62. The molecule has 0 saturated heterocycles. The average Bonchev–Trinajstić information content (AvgIpc) is 3.14. The molecule has 0 saturated carbocycles. The number of fused-ring (bicyclic) bond motifs is 2. The smallest absolute Gasteiger partial charge is 0.191 e. The van der Waals surface area contributed by atoms with Crippen molar-refractivity contribution in [3.63, 3.8) is 0 Å². The third-order valence-electron chi connectivity index (χ3n) is 5.43. The Morgan fingerprint density at radius 3 is 2.76 bits per heavy atom. The fourth-order valence-corrected chi connectivity index (χ4v) is 3.85. The van der Waals surface area contributed by atoms with E-state index >= 15 is 4.39 Å². The monoisotopic (exact) mass is 450 g/mol. The van der Waals surface area contributed by atoms with E-state index in [1.165, 1.54) is 6.33 Å². The number of nitrogens with two attached hydrogens (primary N) is 1. The van der Waals surface area contributed by atoms with Crippen LogP contribution >= 0.6 is 0 Å². The molecule has 172 valence electrons. The molecule has 10 heteroatoms. The van der Waals surface area contributed by atoms with Crippen LogP contribution in [0.5, 0.6) is 5.75 Å². The molecule has 0 atom stereocenters. The summed E-state index contributed by atoms with van der Waals surface area (Å²) in [5.74, 6) is 0.730.